The molecule has 2 atom stereocenters. The Hall–Kier alpha value is -0.100. The molecule has 0 radical (unpaired) electrons. The maximum absolute atomic E-state index is 9.89. The maximum Gasteiger partial charge on any atom is 0.148 e. The predicted octanol–water partition coefficient (Wildman–Crippen LogP) is 4.25. The van der Waals surface area contributed by atoms with Gasteiger partial charge in [0.15, 0.2) is 0 Å². The van der Waals surface area contributed by atoms with E-state index in [1.54, 1.807) is 0 Å². The van der Waals surface area contributed by atoms with E-state index in [2.05, 4.69) is 63.2 Å². The van der Waals surface area contributed by atoms with Crippen LogP contribution >= 0.6 is 31.9 Å². The van der Waals surface area contributed by atoms with Gasteiger partial charge in [0, 0.05) is 6.54 Å². The summed E-state index contributed by atoms with van der Waals surface area (Å²) in [6, 6.07) is 4.16. The molecule has 1 saturated carbocycles. The number of ether oxygens (including phenoxy) is 1. The molecule has 1 fully saturated rings. The van der Waals surface area contributed by atoms with Crippen LogP contribution in [0.1, 0.15) is 38.7 Å². The first-order valence-electron chi connectivity index (χ1n) is 7.50. The Labute approximate surface area is 143 Å². The second-order valence-corrected chi connectivity index (χ2v) is 7.78. The third-order valence-corrected chi connectivity index (χ3v) is 4.80. The molecule has 1 aromatic rings. The Morgan fingerprint density at radius 1 is 1.29 bits per heavy atom. The van der Waals surface area contributed by atoms with Gasteiger partial charge in [0.05, 0.1) is 15.0 Å². The second kappa shape index (κ2) is 7.95. The lowest BCUT2D eigenvalue weighted by Crippen LogP contribution is -2.26. The molecule has 0 amide bonds. The van der Waals surface area contributed by atoms with Crippen molar-refractivity contribution in [3.05, 3.63) is 26.6 Å². The lowest BCUT2D eigenvalue weighted by molar-refractivity contribution is 0.0594. The van der Waals surface area contributed by atoms with Crippen molar-refractivity contribution in [2.24, 2.45) is 5.92 Å². The van der Waals surface area contributed by atoms with Crippen LogP contribution in [0.4, 0.5) is 0 Å². The van der Waals surface area contributed by atoms with Gasteiger partial charge in [0.25, 0.3) is 0 Å². The molecule has 0 saturated heterocycles. The van der Waals surface area contributed by atoms with Crippen LogP contribution in [0.5, 0.6) is 5.75 Å². The summed E-state index contributed by atoms with van der Waals surface area (Å²) in [5, 5.41) is 13.3. The van der Waals surface area contributed by atoms with Crippen molar-refractivity contribution < 1.29 is 9.84 Å². The summed E-state index contributed by atoms with van der Waals surface area (Å²) in [7, 11) is 0. The van der Waals surface area contributed by atoms with E-state index in [1.807, 2.05) is 0 Å². The van der Waals surface area contributed by atoms with Gasteiger partial charge in [-0.25, -0.2) is 0 Å². The minimum atomic E-state index is -0.351. The Morgan fingerprint density at radius 3 is 2.48 bits per heavy atom. The monoisotopic (exact) mass is 419 g/mol. The molecule has 0 bridgehead atoms. The van der Waals surface area contributed by atoms with Crippen molar-refractivity contribution in [2.75, 3.05) is 6.54 Å². The van der Waals surface area contributed by atoms with E-state index in [9.17, 15) is 5.11 Å². The molecule has 21 heavy (non-hydrogen) atoms. The van der Waals surface area contributed by atoms with Crippen molar-refractivity contribution in [2.45, 2.75) is 51.9 Å². The summed E-state index contributed by atoms with van der Waals surface area (Å²) in [6.07, 6.45) is 2.33. The van der Waals surface area contributed by atoms with Crippen molar-refractivity contribution in [1.82, 2.24) is 5.32 Å². The normalized spacial score (nSPS) is 22.0. The number of aliphatic hydroxyl groups excluding tert-OH is 1. The van der Waals surface area contributed by atoms with Crippen LogP contribution in [0.3, 0.4) is 0 Å². The van der Waals surface area contributed by atoms with E-state index in [0.717, 1.165) is 47.0 Å². The van der Waals surface area contributed by atoms with Gasteiger partial charge < -0.3 is 15.2 Å². The van der Waals surface area contributed by atoms with Crippen LogP contribution in [-0.4, -0.2) is 23.9 Å². The minimum Gasteiger partial charge on any atom is -0.485 e. The fourth-order valence-corrected chi connectivity index (χ4v) is 4.00. The average Bonchev–Trinajstić information content (AvgIpc) is 2.79. The molecule has 1 aliphatic carbocycles. The Balaban J connectivity index is 2.02. The molecular weight excluding hydrogens is 398 g/mol. The molecule has 2 unspecified atom stereocenters. The molecule has 3 nitrogen and oxygen atoms in total. The first kappa shape index (κ1) is 17.3. The van der Waals surface area contributed by atoms with Crippen LogP contribution < -0.4 is 10.1 Å². The number of aliphatic hydroxyl groups is 1. The third kappa shape index (κ3) is 4.95. The summed E-state index contributed by atoms with van der Waals surface area (Å²) in [5.41, 5.74) is 1.20. The molecule has 1 aromatic carbocycles. The smallest absolute Gasteiger partial charge is 0.148 e. The molecule has 2 rings (SSSR count). The van der Waals surface area contributed by atoms with Gasteiger partial charge in [0.1, 0.15) is 11.9 Å². The van der Waals surface area contributed by atoms with Gasteiger partial charge in [-0.1, -0.05) is 13.8 Å². The number of hydrogen-bond acceptors (Lipinski definition) is 3. The summed E-state index contributed by atoms with van der Waals surface area (Å²) in [4.78, 5) is 0. The highest BCUT2D eigenvalue weighted by Crippen LogP contribution is 2.37. The quantitative estimate of drug-likeness (QED) is 0.722. The third-order valence-electron chi connectivity index (χ3n) is 3.63. The maximum atomic E-state index is 9.89. The lowest BCUT2D eigenvalue weighted by atomic mass is 10.2. The zero-order chi connectivity index (χ0) is 15.4. The van der Waals surface area contributed by atoms with E-state index in [1.165, 1.54) is 5.56 Å². The lowest BCUT2D eigenvalue weighted by Gasteiger charge is -2.20. The Bertz CT molecular complexity index is 456. The molecule has 0 aromatic heterocycles. The fourth-order valence-electron chi connectivity index (χ4n) is 2.53. The molecule has 0 heterocycles. The van der Waals surface area contributed by atoms with Crippen molar-refractivity contribution in [1.29, 1.82) is 0 Å². The number of halogens is 2. The van der Waals surface area contributed by atoms with E-state index in [-0.39, 0.29) is 12.2 Å². The van der Waals surface area contributed by atoms with Crippen LogP contribution in [0.2, 0.25) is 0 Å². The van der Waals surface area contributed by atoms with Gasteiger partial charge in [-0.15, -0.1) is 0 Å². The number of hydrogen-bond donors (Lipinski definition) is 2. The molecular formula is C16H23Br2NO2. The largest absolute Gasteiger partial charge is 0.485 e. The second-order valence-electron chi connectivity index (χ2n) is 6.07. The SMILES string of the molecule is CC(C)CNCc1cc(Br)c(OC2CCCC2O)c(Br)c1. The number of benzene rings is 1. The first-order valence-corrected chi connectivity index (χ1v) is 9.09. The zero-order valence-electron chi connectivity index (χ0n) is 12.5. The first-order chi connectivity index (χ1) is 9.97. The standard InChI is InChI=1S/C16H23Br2NO2/c1-10(2)8-19-9-11-6-12(17)16(13(18)7-11)21-15-5-3-4-14(15)20/h6-7,10,14-15,19-20H,3-5,8-9H2,1-2H3. The molecule has 5 heteroatoms. The van der Waals surface area contributed by atoms with Crippen LogP contribution in [0, 0.1) is 5.92 Å². The summed E-state index contributed by atoms with van der Waals surface area (Å²) in [5.74, 6) is 1.43. The molecule has 1 aliphatic rings. The van der Waals surface area contributed by atoms with Crippen molar-refractivity contribution >= 4 is 31.9 Å². The fraction of sp³-hybridized carbons (Fsp3) is 0.625. The summed E-state index contributed by atoms with van der Waals surface area (Å²) >= 11 is 7.16. The minimum absolute atomic E-state index is 0.0949. The van der Waals surface area contributed by atoms with Crippen LogP contribution in [0.25, 0.3) is 0 Å². The Kier molecular flexibility index (Phi) is 6.53. The highest BCUT2D eigenvalue weighted by molar-refractivity contribution is 9.11. The van der Waals surface area contributed by atoms with Gasteiger partial charge in [-0.05, 0) is 81.3 Å². The van der Waals surface area contributed by atoms with Gasteiger partial charge in [-0.2, -0.15) is 0 Å². The molecule has 2 N–H and O–H groups in total. The van der Waals surface area contributed by atoms with Gasteiger partial charge in [0.2, 0.25) is 0 Å². The van der Waals surface area contributed by atoms with E-state index in [0.29, 0.717) is 5.92 Å². The van der Waals surface area contributed by atoms with Crippen molar-refractivity contribution in [3.8, 4) is 5.75 Å². The average molecular weight is 421 g/mol. The molecule has 118 valence electrons. The molecule has 0 spiro atoms. The van der Waals surface area contributed by atoms with Gasteiger partial charge >= 0.3 is 0 Å². The predicted molar refractivity (Wildman–Crippen MR) is 92.7 cm³/mol. The van der Waals surface area contributed by atoms with Gasteiger partial charge in [-0.3, -0.25) is 0 Å². The highest BCUT2D eigenvalue weighted by Gasteiger charge is 2.28. The van der Waals surface area contributed by atoms with E-state index in [4.69, 9.17) is 4.74 Å². The molecule has 0 aliphatic heterocycles. The highest BCUT2D eigenvalue weighted by atomic mass is 79.9. The zero-order valence-corrected chi connectivity index (χ0v) is 15.7. The number of nitrogens with one attached hydrogen (secondary N) is 1. The van der Waals surface area contributed by atoms with Crippen molar-refractivity contribution in [3.63, 3.8) is 0 Å². The summed E-state index contributed by atoms with van der Waals surface area (Å²) < 4.78 is 7.84. The number of rotatable bonds is 6. The van der Waals surface area contributed by atoms with Crippen LogP contribution in [0.15, 0.2) is 21.1 Å². The Morgan fingerprint density at radius 2 is 1.95 bits per heavy atom. The topological polar surface area (TPSA) is 41.5 Å². The van der Waals surface area contributed by atoms with E-state index < -0.39 is 0 Å². The van der Waals surface area contributed by atoms with E-state index >= 15 is 0 Å². The van der Waals surface area contributed by atoms with Crippen LogP contribution in [-0.2, 0) is 6.54 Å². The summed E-state index contributed by atoms with van der Waals surface area (Å²) in [6.45, 7) is 6.23.